The van der Waals surface area contributed by atoms with Gasteiger partial charge in [0.1, 0.15) is 11.1 Å². The predicted octanol–water partition coefficient (Wildman–Crippen LogP) is 5.39. The highest BCUT2D eigenvalue weighted by Crippen LogP contribution is 2.35. The van der Waals surface area contributed by atoms with Crippen LogP contribution in [0.4, 0.5) is 0 Å². The summed E-state index contributed by atoms with van der Waals surface area (Å²) in [6.07, 6.45) is 6.03. The minimum Gasteiger partial charge on any atom is -0.473 e. The molecule has 1 fully saturated rings. The number of pyridine rings is 1. The van der Waals surface area contributed by atoms with Gasteiger partial charge in [-0.2, -0.15) is 4.98 Å². The van der Waals surface area contributed by atoms with E-state index in [1.807, 2.05) is 0 Å². The smallest absolute Gasteiger partial charge is 0.234 e. The van der Waals surface area contributed by atoms with Gasteiger partial charge >= 0.3 is 0 Å². The average Bonchev–Trinajstić information content (AvgIpc) is 2.36. The molecule has 5 heteroatoms. The Bertz CT molecular complexity index is 425. The Morgan fingerprint density at radius 1 is 1.22 bits per heavy atom. The molecule has 18 heavy (non-hydrogen) atoms. The minimum atomic E-state index is 0.186. The molecule has 1 aromatic rings. The Morgan fingerprint density at radius 2 is 1.94 bits per heavy atom. The van der Waals surface area contributed by atoms with E-state index in [1.54, 1.807) is 6.07 Å². The van der Waals surface area contributed by atoms with E-state index < -0.39 is 0 Å². The van der Waals surface area contributed by atoms with Crippen LogP contribution < -0.4 is 4.74 Å². The Morgan fingerprint density at radius 3 is 2.67 bits per heavy atom. The Hall–Kier alpha value is -0.180. The molecule has 0 aliphatic heterocycles. The van der Waals surface area contributed by atoms with Gasteiger partial charge in [-0.1, -0.05) is 48.1 Å². The predicted molar refractivity (Wildman–Crippen MR) is 75.9 cm³/mol. The number of rotatable bonds is 3. The summed E-state index contributed by atoms with van der Waals surface area (Å²) in [6, 6.07) is 1.58. The third kappa shape index (κ3) is 3.23. The molecule has 0 bridgehead atoms. The second-order valence-corrected chi connectivity index (χ2v) is 5.83. The lowest BCUT2D eigenvalue weighted by molar-refractivity contribution is 0.0860. The average molecular weight is 309 g/mol. The largest absolute Gasteiger partial charge is 0.473 e. The highest BCUT2D eigenvalue weighted by molar-refractivity contribution is 6.42. The molecule has 0 spiro atoms. The molecule has 1 heterocycles. The molecule has 100 valence electrons. The molecule has 0 aromatic carbocycles. The van der Waals surface area contributed by atoms with Gasteiger partial charge in [0.2, 0.25) is 5.88 Å². The van der Waals surface area contributed by atoms with Crippen LogP contribution in [0.15, 0.2) is 6.07 Å². The molecule has 0 saturated heterocycles. The molecule has 0 radical (unpaired) electrons. The maximum atomic E-state index is 6.08. The lowest BCUT2D eigenvalue weighted by Crippen LogP contribution is -2.30. The molecular formula is C13H16Cl3NO. The first-order valence-electron chi connectivity index (χ1n) is 6.30. The van der Waals surface area contributed by atoms with Crippen molar-refractivity contribution < 1.29 is 4.74 Å². The zero-order valence-electron chi connectivity index (χ0n) is 10.3. The van der Waals surface area contributed by atoms with E-state index in [-0.39, 0.29) is 11.3 Å². The van der Waals surface area contributed by atoms with Crippen molar-refractivity contribution in [1.82, 2.24) is 4.98 Å². The molecule has 1 aliphatic carbocycles. The van der Waals surface area contributed by atoms with Gasteiger partial charge in [-0.25, -0.2) is 0 Å². The van der Waals surface area contributed by atoms with Crippen LogP contribution in [0, 0.1) is 5.92 Å². The molecule has 2 nitrogen and oxygen atoms in total. The molecule has 1 aliphatic rings. The van der Waals surface area contributed by atoms with E-state index in [0.29, 0.717) is 21.8 Å². The van der Waals surface area contributed by atoms with Crippen molar-refractivity contribution in [3.63, 3.8) is 0 Å². The van der Waals surface area contributed by atoms with E-state index in [9.17, 15) is 0 Å². The minimum absolute atomic E-state index is 0.186. The number of hydrogen-bond acceptors (Lipinski definition) is 2. The van der Waals surface area contributed by atoms with E-state index >= 15 is 0 Å². The molecule has 0 N–H and O–H groups in total. The van der Waals surface area contributed by atoms with Crippen LogP contribution in [0.3, 0.4) is 0 Å². The molecular weight excluding hydrogens is 293 g/mol. The van der Waals surface area contributed by atoms with Crippen LogP contribution in [0.2, 0.25) is 15.2 Å². The fourth-order valence-corrected chi connectivity index (χ4v) is 2.98. The summed E-state index contributed by atoms with van der Waals surface area (Å²) in [4.78, 5) is 4.11. The number of nitrogens with zero attached hydrogens (tertiary/aromatic N) is 1. The van der Waals surface area contributed by atoms with E-state index in [0.717, 1.165) is 12.8 Å². The second-order valence-electron chi connectivity index (χ2n) is 4.66. The highest BCUT2D eigenvalue weighted by Gasteiger charge is 2.26. The lowest BCUT2D eigenvalue weighted by atomic mass is 9.85. The van der Waals surface area contributed by atoms with Crippen LogP contribution in [-0.4, -0.2) is 11.1 Å². The monoisotopic (exact) mass is 307 g/mol. The van der Waals surface area contributed by atoms with Crippen molar-refractivity contribution in [3.8, 4) is 5.88 Å². The maximum Gasteiger partial charge on any atom is 0.234 e. The molecule has 0 amide bonds. The quantitative estimate of drug-likeness (QED) is 0.698. The Labute approximate surface area is 123 Å². The number of ether oxygens (including phenoxy) is 1. The van der Waals surface area contributed by atoms with Gasteiger partial charge in [-0.05, 0) is 37.7 Å². The molecule has 2 atom stereocenters. The number of hydrogen-bond donors (Lipinski definition) is 0. The van der Waals surface area contributed by atoms with Gasteiger partial charge in [0.25, 0.3) is 0 Å². The van der Waals surface area contributed by atoms with Gasteiger partial charge < -0.3 is 4.74 Å². The van der Waals surface area contributed by atoms with E-state index in [4.69, 9.17) is 39.5 Å². The third-order valence-electron chi connectivity index (χ3n) is 3.48. The zero-order chi connectivity index (χ0) is 13.1. The van der Waals surface area contributed by atoms with Crippen LogP contribution >= 0.6 is 34.8 Å². The van der Waals surface area contributed by atoms with Gasteiger partial charge in [0.05, 0.1) is 5.02 Å². The van der Waals surface area contributed by atoms with Crippen molar-refractivity contribution in [3.05, 3.63) is 21.3 Å². The fourth-order valence-electron chi connectivity index (χ4n) is 2.45. The van der Waals surface area contributed by atoms with Gasteiger partial charge in [0, 0.05) is 0 Å². The summed E-state index contributed by atoms with van der Waals surface area (Å²) < 4.78 is 5.94. The number of halogens is 3. The normalized spacial score (nSPS) is 24.0. The van der Waals surface area contributed by atoms with Crippen LogP contribution in [0.25, 0.3) is 0 Å². The van der Waals surface area contributed by atoms with Crippen molar-refractivity contribution in [2.45, 2.75) is 45.1 Å². The first-order valence-corrected chi connectivity index (χ1v) is 7.43. The van der Waals surface area contributed by atoms with Crippen molar-refractivity contribution in [2.75, 3.05) is 0 Å². The molecule has 1 saturated carbocycles. The zero-order valence-corrected chi connectivity index (χ0v) is 12.5. The Balaban J connectivity index is 2.15. The summed E-state index contributed by atoms with van der Waals surface area (Å²) in [5, 5.41) is 1.01. The molecule has 2 unspecified atom stereocenters. The van der Waals surface area contributed by atoms with E-state index in [1.165, 1.54) is 19.3 Å². The summed E-state index contributed by atoms with van der Waals surface area (Å²) in [5.74, 6) is 0.975. The summed E-state index contributed by atoms with van der Waals surface area (Å²) in [7, 11) is 0. The number of aromatic nitrogens is 1. The summed E-state index contributed by atoms with van der Waals surface area (Å²) in [5.41, 5.74) is 0. The van der Waals surface area contributed by atoms with Gasteiger partial charge in [0.15, 0.2) is 5.15 Å². The summed E-state index contributed by atoms with van der Waals surface area (Å²) >= 11 is 17.8. The molecule has 1 aromatic heterocycles. The Kier molecular flexibility index (Phi) is 4.99. The first kappa shape index (κ1) is 14.2. The van der Waals surface area contributed by atoms with Crippen LogP contribution in [0.1, 0.15) is 39.0 Å². The fraction of sp³-hybridized carbons (Fsp3) is 0.615. The second kappa shape index (κ2) is 6.31. The first-order chi connectivity index (χ1) is 8.61. The highest BCUT2D eigenvalue weighted by atomic mass is 35.5. The third-order valence-corrected chi connectivity index (χ3v) is 4.42. The SMILES string of the molecule is CCC1CCCCC1Oc1nc(Cl)c(Cl)cc1Cl. The van der Waals surface area contributed by atoms with E-state index in [2.05, 4.69) is 11.9 Å². The maximum absolute atomic E-state index is 6.08. The topological polar surface area (TPSA) is 22.1 Å². The van der Waals surface area contributed by atoms with Gasteiger partial charge in [-0.3, -0.25) is 0 Å². The summed E-state index contributed by atoms with van der Waals surface area (Å²) in [6.45, 7) is 2.19. The van der Waals surface area contributed by atoms with Crippen LogP contribution in [0.5, 0.6) is 5.88 Å². The lowest BCUT2D eigenvalue weighted by Gasteiger charge is -2.31. The van der Waals surface area contributed by atoms with Gasteiger partial charge in [-0.15, -0.1) is 0 Å². The van der Waals surface area contributed by atoms with Crippen molar-refractivity contribution in [2.24, 2.45) is 5.92 Å². The van der Waals surface area contributed by atoms with Crippen molar-refractivity contribution >= 4 is 34.8 Å². The standard InChI is InChI=1S/C13H16Cl3NO/c1-2-8-5-3-4-6-11(8)18-13-10(15)7-9(14)12(16)17-13/h7-8,11H,2-6H2,1H3. The molecule has 2 rings (SSSR count). The van der Waals surface area contributed by atoms with Crippen LogP contribution in [-0.2, 0) is 0 Å². The van der Waals surface area contributed by atoms with Crippen molar-refractivity contribution in [1.29, 1.82) is 0 Å².